The minimum absolute atomic E-state index is 0.0374. The highest BCUT2D eigenvalue weighted by Crippen LogP contribution is 2.14. The Kier molecular flexibility index (Phi) is 4.07. The number of nitrogens with zero attached hydrogens (tertiary/aromatic N) is 3. The lowest BCUT2D eigenvalue weighted by Gasteiger charge is -2.16. The summed E-state index contributed by atoms with van der Waals surface area (Å²) in [5, 5.41) is 0. The quantitative estimate of drug-likeness (QED) is 0.902. The predicted molar refractivity (Wildman–Crippen MR) is 74.6 cm³/mol. The number of carbonyl (C=O) groups excluding carboxylic acids is 1. The van der Waals surface area contributed by atoms with Gasteiger partial charge in [-0.05, 0) is 30.2 Å². The summed E-state index contributed by atoms with van der Waals surface area (Å²) in [4.78, 5) is 21.6. The van der Waals surface area contributed by atoms with Crippen molar-refractivity contribution in [3.8, 4) is 0 Å². The molecule has 0 saturated heterocycles. The van der Waals surface area contributed by atoms with Crippen molar-refractivity contribution < 1.29 is 4.79 Å². The van der Waals surface area contributed by atoms with Gasteiger partial charge in [-0.1, -0.05) is 6.07 Å². The number of pyridine rings is 2. The molecule has 0 aliphatic rings. The maximum absolute atomic E-state index is 12.0. The standard InChI is InChI=1S/C14H16N4O/c1-18(12-5-6-13(15)17-10-12)14(19)7-4-11-3-2-8-16-9-11/h2-3,5-6,8-10H,4,7H2,1H3,(H2,15,17). The number of nitrogens with two attached hydrogens (primary N) is 1. The van der Waals surface area contributed by atoms with Crippen LogP contribution in [0.5, 0.6) is 0 Å². The summed E-state index contributed by atoms with van der Waals surface area (Å²) in [6.45, 7) is 0. The Balaban J connectivity index is 1.94. The minimum atomic E-state index is 0.0374. The Labute approximate surface area is 112 Å². The van der Waals surface area contributed by atoms with Gasteiger partial charge in [-0.2, -0.15) is 0 Å². The Bertz CT molecular complexity index is 539. The van der Waals surface area contributed by atoms with Crippen LogP contribution in [-0.4, -0.2) is 22.9 Å². The normalized spacial score (nSPS) is 10.2. The third-order valence-corrected chi connectivity index (χ3v) is 2.88. The third kappa shape index (κ3) is 3.51. The number of anilines is 2. The number of aromatic nitrogens is 2. The van der Waals surface area contributed by atoms with Gasteiger partial charge in [-0.25, -0.2) is 4.98 Å². The molecule has 0 unspecified atom stereocenters. The Morgan fingerprint density at radius 2 is 2.16 bits per heavy atom. The van der Waals surface area contributed by atoms with E-state index >= 15 is 0 Å². The number of carbonyl (C=O) groups is 1. The number of aryl methyl sites for hydroxylation is 1. The molecule has 0 bridgehead atoms. The van der Waals surface area contributed by atoms with Crippen LogP contribution in [0.15, 0.2) is 42.9 Å². The van der Waals surface area contributed by atoms with E-state index in [0.717, 1.165) is 11.3 Å². The molecule has 0 saturated carbocycles. The number of hydrogen-bond donors (Lipinski definition) is 1. The fourth-order valence-corrected chi connectivity index (χ4v) is 1.70. The molecule has 2 rings (SSSR count). The molecule has 0 spiro atoms. The van der Waals surface area contributed by atoms with E-state index in [1.54, 1.807) is 42.7 Å². The molecule has 98 valence electrons. The highest BCUT2D eigenvalue weighted by atomic mass is 16.2. The number of nitrogen functional groups attached to an aromatic ring is 1. The molecule has 2 N–H and O–H groups in total. The second-order valence-corrected chi connectivity index (χ2v) is 4.26. The summed E-state index contributed by atoms with van der Waals surface area (Å²) >= 11 is 0. The van der Waals surface area contributed by atoms with Crippen LogP contribution in [0.1, 0.15) is 12.0 Å². The maximum atomic E-state index is 12.0. The Morgan fingerprint density at radius 1 is 1.32 bits per heavy atom. The van der Waals surface area contributed by atoms with E-state index in [1.807, 2.05) is 12.1 Å². The first-order valence-corrected chi connectivity index (χ1v) is 6.04. The third-order valence-electron chi connectivity index (χ3n) is 2.88. The van der Waals surface area contributed by atoms with Gasteiger partial charge in [0.2, 0.25) is 5.91 Å². The second-order valence-electron chi connectivity index (χ2n) is 4.26. The SMILES string of the molecule is CN(C(=O)CCc1cccnc1)c1ccc(N)nc1. The van der Waals surface area contributed by atoms with Gasteiger partial charge in [0, 0.05) is 25.9 Å². The molecule has 0 aliphatic carbocycles. The first-order valence-electron chi connectivity index (χ1n) is 6.04. The second kappa shape index (κ2) is 5.95. The van der Waals surface area contributed by atoms with Gasteiger partial charge in [0.1, 0.15) is 5.82 Å². The fourth-order valence-electron chi connectivity index (χ4n) is 1.70. The first kappa shape index (κ1) is 13.0. The maximum Gasteiger partial charge on any atom is 0.227 e. The first-order chi connectivity index (χ1) is 9.16. The molecule has 0 aromatic carbocycles. The number of hydrogen-bond acceptors (Lipinski definition) is 4. The largest absolute Gasteiger partial charge is 0.384 e. The lowest BCUT2D eigenvalue weighted by molar-refractivity contribution is -0.118. The van der Waals surface area contributed by atoms with E-state index < -0.39 is 0 Å². The molecule has 5 heteroatoms. The van der Waals surface area contributed by atoms with Gasteiger partial charge in [0.05, 0.1) is 11.9 Å². The molecule has 5 nitrogen and oxygen atoms in total. The average Bonchev–Trinajstić information content (AvgIpc) is 2.46. The van der Waals surface area contributed by atoms with Crippen molar-refractivity contribution >= 4 is 17.4 Å². The van der Waals surface area contributed by atoms with E-state index in [1.165, 1.54) is 0 Å². The van der Waals surface area contributed by atoms with E-state index in [9.17, 15) is 4.79 Å². The van der Waals surface area contributed by atoms with Crippen molar-refractivity contribution in [1.29, 1.82) is 0 Å². The van der Waals surface area contributed by atoms with Crippen LogP contribution in [0, 0.1) is 0 Å². The summed E-state index contributed by atoms with van der Waals surface area (Å²) in [6.07, 6.45) is 6.21. The molecule has 2 heterocycles. The van der Waals surface area contributed by atoms with Gasteiger partial charge in [0.15, 0.2) is 0 Å². The number of rotatable bonds is 4. The van der Waals surface area contributed by atoms with Crippen LogP contribution < -0.4 is 10.6 Å². The van der Waals surface area contributed by atoms with Crippen LogP contribution in [0.4, 0.5) is 11.5 Å². The highest BCUT2D eigenvalue weighted by molar-refractivity contribution is 5.92. The molecule has 0 atom stereocenters. The Hall–Kier alpha value is -2.43. The van der Waals surface area contributed by atoms with Gasteiger partial charge in [-0.15, -0.1) is 0 Å². The molecular formula is C14H16N4O. The van der Waals surface area contributed by atoms with Gasteiger partial charge in [-0.3, -0.25) is 9.78 Å². The van der Waals surface area contributed by atoms with Gasteiger partial charge < -0.3 is 10.6 Å². The molecule has 2 aromatic heterocycles. The van der Waals surface area contributed by atoms with E-state index in [4.69, 9.17) is 5.73 Å². The van der Waals surface area contributed by atoms with E-state index in [0.29, 0.717) is 18.7 Å². The molecule has 2 aromatic rings. The lowest BCUT2D eigenvalue weighted by Crippen LogP contribution is -2.26. The smallest absolute Gasteiger partial charge is 0.227 e. The lowest BCUT2D eigenvalue weighted by atomic mass is 10.1. The van der Waals surface area contributed by atoms with Gasteiger partial charge in [0.25, 0.3) is 0 Å². The summed E-state index contributed by atoms with van der Waals surface area (Å²) in [7, 11) is 1.73. The highest BCUT2D eigenvalue weighted by Gasteiger charge is 2.11. The van der Waals surface area contributed by atoms with E-state index in [-0.39, 0.29) is 5.91 Å². The van der Waals surface area contributed by atoms with Crippen molar-refractivity contribution in [3.05, 3.63) is 48.4 Å². The van der Waals surface area contributed by atoms with Crippen LogP contribution in [0.25, 0.3) is 0 Å². The minimum Gasteiger partial charge on any atom is -0.384 e. The zero-order chi connectivity index (χ0) is 13.7. The van der Waals surface area contributed by atoms with Crippen molar-refractivity contribution in [2.45, 2.75) is 12.8 Å². The fraction of sp³-hybridized carbons (Fsp3) is 0.214. The summed E-state index contributed by atoms with van der Waals surface area (Å²) in [6, 6.07) is 7.29. The zero-order valence-corrected chi connectivity index (χ0v) is 10.8. The number of amides is 1. The molecule has 1 amide bonds. The van der Waals surface area contributed by atoms with Crippen molar-refractivity contribution in [1.82, 2.24) is 9.97 Å². The van der Waals surface area contributed by atoms with Crippen molar-refractivity contribution in [2.24, 2.45) is 0 Å². The van der Waals surface area contributed by atoms with E-state index in [2.05, 4.69) is 9.97 Å². The average molecular weight is 256 g/mol. The van der Waals surface area contributed by atoms with Gasteiger partial charge >= 0.3 is 0 Å². The van der Waals surface area contributed by atoms with Crippen molar-refractivity contribution in [3.63, 3.8) is 0 Å². The zero-order valence-electron chi connectivity index (χ0n) is 10.8. The van der Waals surface area contributed by atoms with Crippen LogP contribution >= 0.6 is 0 Å². The summed E-state index contributed by atoms with van der Waals surface area (Å²) in [5.74, 6) is 0.482. The van der Waals surface area contributed by atoms with Crippen LogP contribution in [0.2, 0.25) is 0 Å². The monoisotopic (exact) mass is 256 g/mol. The molecule has 0 radical (unpaired) electrons. The molecule has 0 aliphatic heterocycles. The predicted octanol–water partition coefficient (Wildman–Crippen LogP) is 1.65. The van der Waals surface area contributed by atoms with Crippen LogP contribution in [-0.2, 0) is 11.2 Å². The van der Waals surface area contributed by atoms with Crippen molar-refractivity contribution in [2.75, 3.05) is 17.7 Å². The molecule has 0 fully saturated rings. The summed E-state index contributed by atoms with van der Waals surface area (Å²) in [5.41, 5.74) is 7.31. The van der Waals surface area contributed by atoms with Crippen LogP contribution in [0.3, 0.4) is 0 Å². The molecule has 19 heavy (non-hydrogen) atoms. The molecular weight excluding hydrogens is 240 g/mol. The topological polar surface area (TPSA) is 72.1 Å². The summed E-state index contributed by atoms with van der Waals surface area (Å²) < 4.78 is 0. The Morgan fingerprint density at radius 3 is 2.79 bits per heavy atom.